The largest absolute Gasteiger partial charge is 0.373 e. The third kappa shape index (κ3) is 5.46. The molecule has 1 aliphatic carbocycles. The van der Waals surface area contributed by atoms with Gasteiger partial charge in [0, 0.05) is 0 Å². The molecule has 0 spiro atoms. The highest BCUT2D eigenvalue weighted by atomic mass is 16.5. The van der Waals surface area contributed by atoms with Crippen LogP contribution in [-0.4, -0.2) is 6.61 Å². The Bertz CT molecular complexity index is 449. The van der Waals surface area contributed by atoms with Crippen molar-refractivity contribution in [1.82, 2.24) is 0 Å². The molecule has 22 heavy (non-hydrogen) atoms. The summed E-state index contributed by atoms with van der Waals surface area (Å²) in [5, 5.41) is 0. The van der Waals surface area contributed by atoms with E-state index in [1.54, 1.807) is 6.08 Å². The average Bonchev–Trinajstić information content (AvgIpc) is 2.57. The second-order valence-electron chi connectivity index (χ2n) is 6.41. The van der Waals surface area contributed by atoms with Crippen molar-refractivity contribution in [2.24, 2.45) is 5.92 Å². The molecule has 0 unspecified atom stereocenters. The van der Waals surface area contributed by atoms with E-state index >= 15 is 0 Å². The molecule has 1 aromatic rings. The Morgan fingerprint density at radius 1 is 1.14 bits per heavy atom. The van der Waals surface area contributed by atoms with Crippen LogP contribution in [0, 0.1) is 5.92 Å². The molecule has 0 radical (unpaired) electrons. The fraction of sp³-hybridized carbons (Fsp3) is 0.524. The predicted molar refractivity (Wildman–Crippen MR) is 95.0 cm³/mol. The standard InChI is InChI=1S/C21H30O/c1-3-5-6-7-18-8-12-20(13-9-18)21-14-10-19(11-15-21)17-22-16-4-2/h3-5,10-11,14-15,18,20H,2,6-9,12-13,16-17H2,1H3/b5-3+. The fourth-order valence-corrected chi connectivity index (χ4v) is 3.43. The minimum atomic E-state index is 0.624. The van der Waals surface area contributed by atoms with E-state index in [0.29, 0.717) is 13.2 Å². The molecular weight excluding hydrogens is 268 g/mol. The van der Waals surface area contributed by atoms with Crippen molar-refractivity contribution < 1.29 is 4.74 Å². The van der Waals surface area contributed by atoms with E-state index in [-0.39, 0.29) is 0 Å². The zero-order valence-corrected chi connectivity index (χ0v) is 14.0. The van der Waals surface area contributed by atoms with Crippen LogP contribution in [0.25, 0.3) is 0 Å². The van der Waals surface area contributed by atoms with Crippen molar-refractivity contribution in [3.63, 3.8) is 0 Å². The molecule has 2 rings (SSSR count). The van der Waals surface area contributed by atoms with E-state index in [1.165, 1.54) is 49.7 Å². The highest BCUT2D eigenvalue weighted by Crippen LogP contribution is 2.37. The maximum atomic E-state index is 5.49. The lowest BCUT2D eigenvalue weighted by Crippen LogP contribution is -2.13. The molecule has 1 saturated carbocycles. The van der Waals surface area contributed by atoms with Crippen LogP contribution < -0.4 is 0 Å². The molecule has 1 aromatic carbocycles. The van der Waals surface area contributed by atoms with Crippen LogP contribution in [-0.2, 0) is 11.3 Å². The molecule has 0 aliphatic heterocycles. The molecule has 1 nitrogen and oxygen atoms in total. The minimum Gasteiger partial charge on any atom is -0.373 e. The van der Waals surface area contributed by atoms with Gasteiger partial charge in [0.25, 0.3) is 0 Å². The molecule has 0 bridgehead atoms. The van der Waals surface area contributed by atoms with Crippen molar-refractivity contribution in [1.29, 1.82) is 0 Å². The quantitative estimate of drug-likeness (QED) is 0.421. The maximum Gasteiger partial charge on any atom is 0.0721 e. The third-order valence-corrected chi connectivity index (χ3v) is 4.78. The van der Waals surface area contributed by atoms with Crippen LogP contribution in [0.15, 0.2) is 49.1 Å². The van der Waals surface area contributed by atoms with Gasteiger partial charge in [-0.25, -0.2) is 0 Å². The highest BCUT2D eigenvalue weighted by molar-refractivity contribution is 5.25. The molecule has 0 aromatic heterocycles. The lowest BCUT2D eigenvalue weighted by atomic mass is 9.77. The van der Waals surface area contributed by atoms with Crippen molar-refractivity contribution >= 4 is 0 Å². The maximum absolute atomic E-state index is 5.49. The average molecular weight is 298 g/mol. The fourth-order valence-electron chi connectivity index (χ4n) is 3.43. The summed E-state index contributed by atoms with van der Waals surface area (Å²) in [7, 11) is 0. The molecule has 1 heteroatoms. The number of hydrogen-bond donors (Lipinski definition) is 0. The summed E-state index contributed by atoms with van der Waals surface area (Å²) < 4.78 is 5.49. The van der Waals surface area contributed by atoms with E-state index < -0.39 is 0 Å². The normalized spacial score (nSPS) is 22.0. The lowest BCUT2D eigenvalue weighted by Gasteiger charge is -2.28. The monoisotopic (exact) mass is 298 g/mol. The first-order valence-corrected chi connectivity index (χ1v) is 8.72. The van der Waals surface area contributed by atoms with Crippen LogP contribution in [0.3, 0.4) is 0 Å². The number of hydrogen-bond acceptors (Lipinski definition) is 1. The Morgan fingerprint density at radius 2 is 1.86 bits per heavy atom. The van der Waals surface area contributed by atoms with Crippen LogP contribution in [0.4, 0.5) is 0 Å². The zero-order valence-electron chi connectivity index (χ0n) is 14.0. The first-order valence-electron chi connectivity index (χ1n) is 8.72. The van der Waals surface area contributed by atoms with Crippen LogP contribution in [0.2, 0.25) is 0 Å². The lowest BCUT2D eigenvalue weighted by molar-refractivity contribution is 0.149. The van der Waals surface area contributed by atoms with Gasteiger partial charge in [-0.3, -0.25) is 0 Å². The Labute approximate surface area is 136 Å². The van der Waals surface area contributed by atoms with Gasteiger partial charge in [0.1, 0.15) is 0 Å². The van der Waals surface area contributed by atoms with Crippen LogP contribution >= 0.6 is 0 Å². The zero-order chi connectivity index (χ0) is 15.6. The molecule has 1 fully saturated rings. The second kappa shape index (κ2) is 9.63. The molecule has 0 saturated heterocycles. The van der Waals surface area contributed by atoms with Gasteiger partial charge in [0.05, 0.1) is 13.2 Å². The predicted octanol–water partition coefficient (Wildman–Crippen LogP) is 6.02. The van der Waals surface area contributed by atoms with Crippen molar-refractivity contribution in [3.8, 4) is 0 Å². The Balaban J connectivity index is 1.77. The summed E-state index contributed by atoms with van der Waals surface area (Å²) in [5.74, 6) is 1.71. The highest BCUT2D eigenvalue weighted by Gasteiger charge is 2.21. The Hall–Kier alpha value is -1.34. The van der Waals surface area contributed by atoms with Crippen LogP contribution in [0.1, 0.15) is 62.5 Å². The number of ether oxygens (including phenoxy) is 1. The van der Waals surface area contributed by atoms with Crippen molar-refractivity contribution in [2.45, 2.75) is 58.0 Å². The number of rotatable bonds is 8. The molecular formula is C21H30O. The summed E-state index contributed by atoms with van der Waals surface area (Å²) in [5.41, 5.74) is 2.77. The summed E-state index contributed by atoms with van der Waals surface area (Å²) in [6.07, 6.45) is 14.4. The Morgan fingerprint density at radius 3 is 2.50 bits per heavy atom. The first-order chi connectivity index (χ1) is 10.8. The van der Waals surface area contributed by atoms with Gasteiger partial charge >= 0.3 is 0 Å². The minimum absolute atomic E-state index is 0.624. The van der Waals surface area contributed by atoms with E-state index in [9.17, 15) is 0 Å². The third-order valence-electron chi connectivity index (χ3n) is 4.78. The van der Waals surface area contributed by atoms with Gasteiger partial charge in [-0.15, -0.1) is 6.58 Å². The van der Waals surface area contributed by atoms with E-state index in [2.05, 4.69) is 49.9 Å². The van der Waals surface area contributed by atoms with Gasteiger partial charge in [0.15, 0.2) is 0 Å². The van der Waals surface area contributed by atoms with Gasteiger partial charge < -0.3 is 4.74 Å². The molecule has 1 aliphatic rings. The molecule has 0 heterocycles. The summed E-state index contributed by atoms with van der Waals surface area (Å²) in [6.45, 7) is 7.09. The first kappa shape index (κ1) is 17.0. The number of benzene rings is 1. The molecule has 0 atom stereocenters. The summed E-state index contributed by atoms with van der Waals surface area (Å²) >= 11 is 0. The van der Waals surface area contributed by atoms with Gasteiger partial charge in [0.2, 0.25) is 0 Å². The van der Waals surface area contributed by atoms with Crippen molar-refractivity contribution in [3.05, 3.63) is 60.2 Å². The molecule has 0 N–H and O–H groups in total. The molecule has 120 valence electrons. The van der Waals surface area contributed by atoms with Crippen LogP contribution in [0.5, 0.6) is 0 Å². The number of allylic oxidation sites excluding steroid dienone is 2. The topological polar surface area (TPSA) is 9.23 Å². The SMILES string of the molecule is C=CCOCc1ccc(C2CCC(CC/C=C/C)CC2)cc1. The van der Waals surface area contributed by atoms with Gasteiger partial charge in [-0.2, -0.15) is 0 Å². The summed E-state index contributed by atoms with van der Waals surface area (Å²) in [6, 6.07) is 9.04. The smallest absolute Gasteiger partial charge is 0.0721 e. The summed E-state index contributed by atoms with van der Waals surface area (Å²) in [4.78, 5) is 0. The second-order valence-corrected chi connectivity index (χ2v) is 6.41. The Kier molecular flexibility index (Phi) is 7.45. The molecule has 0 amide bonds. The van der Waals surface area contributed by atoms with Gasteiger partial charge in [-0.1, -0.05) is 42.5 Å². The van der Waals surface area contributed by atoms with Gasteiger partial charge in [-0.05, 0) is 68.4 Å². The van der Waals surface area contributed by atoms with E-state index in [1.807, 2.05) is 0 Å². The van der Waals surface area contributed by atoms with Crippen molar-refractivity contribution in [2.75, 3.05) is 6.61 Å². The van der Waals surface area contributed by atoms with E-state index in [0.717, 1.165) is 11.8 Å². The van der Waals surface area contributed by atoms with E-state index in [4.69, 9.17) is 4.74 Å².